The lowest BCUT2D eigenvalue weighted by atomic mass is 9.84. The van der Waals surface area contributed by atoms with Crippen LogP contribution in [0.1, 0.15) is 97.3 Å². The summed E-state index contributed by atoms with van der Waals surface area (Å²) >= 11 is 0. The zero-order valence-electron chi connectivity index (χ0n) is 17.5. The lowest BCUT2D eigenvalue weighted by Gasteiger charge is -2.25. The van der Waals surface area contributed by atoms with Gasteiger partial charge in [-0.3, -0.25) is 4.79 Å². The Kier molecular flexibility index (Phi) is 11.2. The zero-order valence-corrected chi connectivity index (χ0v) is 17.5. The summed E-state index contributed by atoms with van der Waals surface area (Å²) in [4.78, 5) is 23.4. The number of ether oxygens (including phenoxy) is 1. The van der Waals surface area contributed by atoms with Crippen LogP contribution in [0.3, 0.4) is 0 Å². The first-order chi connectivity index (χ1) is 12.8. The molecular weight excluding hydrogens is 344 g/mol. The third kappa shape index (κ3) is 9.20. The highest BCUT2D eigenvalue weighted by atomic mass is 16.5. The molecule has 0 aromatic carbocycles. The van der Waals surface area contributed by atoms with Crippen molar-refractivity contribution in [3.8, 4) is 0 Å². The van der Waals surface area contributed by atoms with Gasteiger partial charge in [-0.05, 0) is 51.4 Å². The van der Waals surface area contributed by atoms with Crippen LogP contribution in [-0.4, -0.2) is 40.8 Å². The van der Waals surface area contributed by atoms with Crippen molar-refractivity contribution >= 4 is 11.8 Å². The second-order valence-corrected chi connectivity index (χ2v) is 8.54. The molecule has 1 aliphatic rings. The van der Waals surface area contributed by atoms with Crippen LogP contribution >= 0.6 is 0 Å². The maximum absolute atomic E-state index is 12.2. The fourth-order valence-corrected chi connectivity index (χ4v) is 4.28. The molecule has 1 rings (SSSR count). The second kappa shape index (κ2) is 12.5. The van der Waals surface area contributed by atoms with Gasteiger partial charge in [0.25, 0.3) is 0 Å². The number of hydrogen-bond donors (Lipinski definition) is 2. The highest BCUT2D eigenvalue weighted by Gasteiger charge is 2.34. The van der Waals surface area contributed by atoms with Gasteiger partial charge >= 0.3 is 5.97 Å². The van der Waals surface area contributed by atoms with Crippen LogP contribution in [0.15, 0.2) is 0 Å². The quantitative estimate of drug-likeness (QED) is 0.347. The molecule has 0 bridgehead atoms. The molecule has 2 N–H and O–H groups in total. The molecule has 27 heavy (non-hydrogen) atoms. The molecule has 0 heterocycles. The molecule has 0 amide bonds. The number of rotatable bonds is 14. The second-order valence-electron chi connectivity index (χ2n) is 8.54. The fourth-order valence-electron chi connectivity index (χ4n) is 4.28. The van der Waals surface area contributed by atoms with E-state index in [2.05, 4.69) is 11.7 Å². The van der Waals surface area contributed by atoms with Gasteiger partial charge in [-0.2, -0.15) is 0 Å². The van der Waals surface area contributed by atoms with Gasteiger partial charge in [-0.25, -0.2) is 4.79 Å². The summed E-state index contributed by atoms with van der Waals surface area (Å²) in [6, 6.07) is 0. The Morgan fingerprint density at radius 3 is 2.56 bits per heavy atom. The smallest absolute Gasteiger partial charge is 0.334 e. The van der Waals surface area contributed by atoms with E-state index in [1.54, 1.807) is 0 Å². The Labute approximate surface area is 164 Å². The lowest BCUT2D eigenvalue weighted by molar-refractivity contribution is -0.150. The van der Waals surface area contributed by atoms with Crippen molar-refractivity contribution < 1.29 is 24.5 Å². The number of carbonyl (C=O) groups excluding carboxylic acids is 2. The highest BCUT2D eigenvalue weighted by molar-refractivity contribution is 5.83. The molecule has 1 saturated carbocycles. The minimum absolute atomic E-state index is 0.163. The van der Waals surface area contributed by atoms with Crippen molar-refractivity contribution in [3.63, 3.8) is 0 Å². The number of hydrogen-bond acceptors (Lipinski definition) is 5. The van der Waals surface area contributed by atoms with Crippen LogP contribution in [-0.2, 0) is 14.3 Å². The summed E-state index contributed by atoms with van der Waals surface area (Å²) in [7, 11) is 1.28. The van der Waals surface area contributed by atoms with E-state index in [-0.39, 0.29) is 5.92 Å². The van der Waals surface area contributed by atoms with Crippen LogP contribution in [0.5, 0.6) is 0 Å². The van der Waals surface area contributed by atoms with Crippen molar-refractivity contribution in [2.24, 2.45) is 11.8 Å². The molecule has 0 aliphatic heterocycles. The number of methoxy groups -OCH3 is 1. The maximum atomic E-state index is 12.2. The number of Topliss-reactive ketones (excluding diaryl/α,β-unsaturated/α-hetero) is 1. The monoisotopic (exact) mass is 384 g/mol. The molecule has 0 aromatic rings. The summed E-state index contributed by atoms with van der Waals surface area (Å²) < 4.78 is 4.51. The molecule has 0 radical (unpaired) electrons. The van der Waals surface area contributed by atoms with Gasteiger partial charge in [0.15, 0.2) is 6.10 Å². The number of esters is 1. The fraction of sp³-hybridized carbons (Fsp3) is 0.909. The van der Waals surface area contributed by atoms with E-state index in [1.165, 1.54) is 7.11 Å². The van der Waals surface area contributed by atoms with Gasteiger partial charge in [0.2, 0.25) is 0 Å². The number of unbranched alkanes of at least 4 members (excludes halogenated alkanes) is 3. The molecule has 158 valence electrons. The van der Waals surface area contributed by atoms with Crippen molar-refractivity contribution in [1.82, 2.24) is 0 Å². The van der Waals surface area contributed by atoms with Gasteiger partial charge in [0, 0.05) is 12.3 Å². The van der Waals surface area contributed by atoms with Crippen molar-refractivity contribution in [1.29, 1.82) is 0 Å². The molecule has 4 atom stereocenters. The molecule has 1 aliphatic carbocycles. The Bertz CT molecular complexity index is 446. The van der Waals surface area contributed by atoms with E-state index in [1.807, 2.05) is 6.92 Å². The van der Waals surface area contributed by atoms with Gasteiger partial charge in [0.1, 0.15) is 5.78 Å². The Balaban J connectivity index is 2.26. The van der Waals surface area contributed by atoms with Gasteiger partial charge < -0.3 is 14.9 Å². The number of ketones is 1. The molecule has 0 aromatic heterocycles. The molecule has 0 spiro atoms. The number of aliphatic hydroxyl groups excluding tert-OH is 1. The van der Waals surface area contributed by atoms with Crippen LogP contribution in [0.2, 0.25) is 0 Å². The summed E-state index contributed by atoms with van der Waals surface area (Å²) in [5.41, 5.74) is -0.575. The van der Waals surface area contributed by atoms with E-state index in [4.69, 9.17) is 0 Å². The first kappa shape index (κ1) is 24.1. The summed E-state index contributed by atoms with van der Waals surface area (Å²) in [6.07, 6.45) is 10.5. The van der Waals surface area contributed by atoms with E-state index in [9.17, 15) is 19.8 Å². The first-order valence-corrected chi connectivity index (χ1v) is 10.8. The molecular formula is C22H40O5. The van der Waals surface area contributed by atoms with Gasteiger partial charge in [0.05, 0.1) is 12.7 Å². The lowest BCUT2D eigenvalue weighted by Crippen LogP contribution is -2.24. The minimum atomic E-state index is -1.03. The Morgan fingerprint density at radius 1 is 1.19 bits per heavy atom. The molecule has 5 nitrogen and oxygen atoms in total. The first-order valence-electron chi connectivity index (χ1n) is 10.8. The summed E-state index contributed by atoms with van der Waals surface area (Å²) in [6.45, 7) is 4.07. The maximum Gasteiger partial charge on any atom is 0.334 e. The number of carbonyl (C=O) groups is 2. The van der Waals surface area contributed by atoms with Crippen LogP contribution in [0.4, 0.5) is 0 Å². The van der Waals surface area contributed by atoms with Crippen LogP contribution < -0.4 is 0 Å². The van der Waals surface area contributed by atoms with E-state index in [0.717, 1.165) is 70.6 Å². The van der Waals surface area contributed by atoms with Crippen molar-refractivity contribution in [3.05, 3.63) is 0 Å². The van der Waals surface area contributed by atoms with Crippen molar-refractivity contribution in [2.75, 3.05) is 7.11 Å². The topological polar surface area (TPSA) is 83.8 Å². The molecule has 5 heteroatoms. The average molecular weight is 385 g/mol. The van der Waals surface area contributed by atoms with Gasteiger partial charge in [-0.1, -0.05) is 45.4 Å². The van der Waals surface area contributed by atoms with E-state index < -0.39 is 17.7 Å². The molecule has 1 fully saturated rings. The predicted molar refractivity (Wildman–Crippen MR) is 106 cm³/mol. The molecule has 2 unspecified atom stereocenters. The Hall–Kier alpha value is -0.940. The minimum Gasteiger partial charge on any atom is -0.467 e. The Morgan fingerprint density at radius 2 is 1.89 bits per heavy atom. The van der Waals surface area contributed by atoms with Gasteiger partial charge in [-0.15, -0.1) is 0 Å². The van der Waals surface area contributed by atoms with Crippen molar-refractivity contribution in [2.45, 2.75) is 109 Å². The SMILES string of the molecule is CCCCC(C)(O)CCC[C@H]1CCC(=O)[C@@H]1CCCCCC(O)C(=O)OC. The third-order valence-corrected chi connectivity index (χ3v) is 6.07. The van der Waals surface area contributed by atoms with Crippen LogP contribution in [0.25, 0.3) is 0 Å². The standard InChI is InChI=1S/C22H40O5/c1-4-5-15-22(2,26)16-9-10-17-13-14-19(23)18(17)11-7-6-8-12-20(24)21(25)27-3/h17-18,20,24,26H,4-16H2,1-3H3/t17-,18+,20?,22?/m0/s1. The third-order valence-electron chi connectivity index (χ3n) is 6.07. The largest absolute Gasteiger partial charge is 0.467 e. The number of aliphatic hydroxyl groups is 2. The normalized spacial score (nSPS) is 23.2. The zero-order chi connectivity index (χ0) is 20.3. The summed E-state index contributed by atoms with van der Waals surface area (Å²) in [5, 5.41) is 20.0. The highest BCUT2D eigenvalue weighted by Crippen LogP contribution is 2.37. The predicted octanol–water partition coefficient (Wildman–Crippen LogP) is 4.18. The van der Waals surface area contributed by atoms with E-state index in [0.29, 0.717) is 24.5 Å². The average Bonchev–Trinajstić information content (AvgIpc) is 2.98. The molecule has 0 saturated heterocycles. The van der Waals surface area contributed by atoms with E-state index >= 15 is 0 Å². The summed E-state index contributed by atoms with van der Waals surface area (Å²) in [5.74, 6) is 0.444. The van der Waals surface area contributed by atoms with Crippen LogP contribution in [0, 0.1) is 11.8 Å².